The number of nitrogens with one attached hydrogen (secondary N) is 1. The molecule has 0 unspecified atom stereocenters. The molecule has 0 radical (unpaired) electrons. The lowest BCUT2D eigenvalue weighted by Crippen LogP contribution is -2.33. The number of esters is 1. The highest BCUT2D eigenvalue weighted by Crippen LogP contribution is 2.56. The summed E-state index contributed by atoms with van der Waals surface area (Å²) in [5.74, 6) is 0.966. The van der Waals surface area contributed by atoms with Gasteiger partial charge in [0.15, 0.2) is 5.60 Å². The van der Waals surface area contributed by atoms with Crippen LogP contribution in [0.1, 0.15) is 59.2 Å². The lowest BCUT2D eigenvalue weighted by Gasteiger charge is -2.37. The molecule has 0 aromatic heterocycles. The van der Waals surface area contributed by atoms with E-state index in [0.29, 0.717) is 28.1 Å². The fourth-order valence-corrected chi connectivity index (χ4v) is 5.38. The third kappa shape index (κ3) is 2.85. The molecule has 31 heavy (non-hydrogen) atoms. The van der Waals surface area contributed by atoms with Gasteiger partial charge in [-0.05, 0) is 49.2 Å². The Morgan fingerprint density at radius 1 is 0.871 bits per heavy atom. The first-order valence-electron chi connectivity index (χ1n) is 10.9. The van der Waals surface area contributed by atoms with Gasteiger partial charge >= 0.3 is 5.97 Å². The second-order valence-corrected chi connectivity index (χ2v) is 8.99. The molecule has 1 aliphatic carbocycles. The van der Waals surface area contributed by atoms with Crippen LogP contribution in [0.25, 0.3) is 0 Å². The lowest BCUT2D eigenvalue weighted by atomic mass is 9.77. The summed E-state index contributed by atoms with van der Waals surface area (Å²) >= 11 is 6.29. The topological polar surface area (TPSA) is 47.6 Å². The van der Waals surface area contributed by atoms with Crippen LogP contribution in [-0.4, -0.2) is 12.0 Å². The number of ether oxygens (including phenoxy) is 2. The first-order chi connectivity index (χ1) is 15.1. The minimum atomic E-state index is -1.04. The molecule has 3 aliphatic rings. The molecule has 156 valence electrons. The second kappa shape index (κ2) is 7.03. The van der Waals surface area contributed by atoms with Crippen LogP contribution < -0.4 is 10.1 Å². The van der Waals surface area contributed by atoms with Gasteiger partial charge < -0.3 is 14.8 Å². The van der Waals surface area contributed by atoms with Crippen molar-refractivity contribution in [3.8, 4) is 11.5 Å². The van der Waals surface area contributed by atoms with Crippen molar-refractivity contribution < 1.29 is 14.3 Å². The average molecular weight is 432 g/mol. The number of hydrogen-bond donors (Lipinski definition) is 1. The highest BCUT2D eigenvalue weighted by molar-refractivity contribution is 6.30. The first-order valence-corrected chi connectivity index (χ1v) is 11.2. The smallest absolute Gasteiger partial charge is 0.340 e. The summed E-state index contributed by atoms with van der Waals surface area (Å²) < 4.78 is 12.5. The summed E-state index contributed by atoms with van der Waals surface area (Å²) in [7, 11) is 0. The number of carbonyl (C=O) groups is 1. The first kappa shape index (κ1) is 18.8. The molecule has 6 rings (SSSR count). The Kier molecular flexibility index (Phi) is 4.25. The number of anilines is 1. The van der Waals surface area contributed by atoms with Crippen molar-refractivity contribution in [2.24, 2.45) is 0 Å². The third-order valence-electron chi connectivity index (χ3n) is 6.65. The quantitative estimate of drug-likeness (QED) is 0.461. The van der Waals surface area contributed by atoms with Crippen molar-refractivity contribution >= 4 is 23.3 Å². The van der Waals surface area contributed by atoms with E-state index in [0.717, 1.165) is 22.4 Å². The van der Waals surface area contributed by atoms with Crippen molar-refractivity contribution in [2.75, 3.05) is 5.32 Å². The predicted molar refractivity (Wildman–Crippen MR) is 120 cm³/mol. The van der Waals surface area contributed by atoms with Crippen molar-refractivity contribution in [3.05, 3.63) is 87.9 Å². The minimum absolute atomic E-state index is 0.325. The Bertz CT molecular complexity index is 1200. The van der Waals surface area contributed by atoms with Crippen LogP contribution in [0, 0.1) is 0 Å². The standard InChI is InChI=1S/C26H22ClNO3/c27-16-10-12-21-23(14-16)30-24-15-18(28-17-6-2-1-3-7-17)11-13-22(24)26(21)20-9-5-4-8-19(20)25(29)31-26/h4-5,8-15,17,28H,1-3,6-7H2/t26-/m1/s1. The molecule has 2 aliphatic heterocycles. The van der Waals surface area contributed by atoms with Gasteiger partial charge in [0, 0.05) is 39.5 Å². The molecule has 0 saturated heterocycles. The van der Waals surface area contributed by atoms with Gasteiger partial charge in [-0.15, -0.1) is 0 Å². The Morgan fingerprint density at radius 3 is 2.45 bits per heavy atom. The van der Waals surface area contributed by atoms with Crippen molar-refractivity contribution in [3.63, 3.8) is 0 Å². The number of fused-ring (bicyclic) bond motifs is 6. The van der Waals surface area contributed by atoms with Gasteiger partial charge in [0.1, 0.15) is 11.5 Å². The summed E-state index contributed by atoms with van der Waals surface area (Å²) in [6.45, 7) is 0. The van der Waals surface area contributed by atoms with Crippen LogP contribution in [-0.2, 0) is 10.3 Å². The number of halogens is 1. The second-order valence-electron chi connectivity index (χ2n) is 8.55. The van der Waals surface area contributed by atoms with Gasteiger partial charge in [-0.25, -0.2) is 4.79 Å². The monoisotopic (exact) mass is 431 g/mol. The maximum Gasteiger partial charge on any atom is 0.340 e. The Labute approximate surface area is 186 Å². The summed E-state index contributed by atoms with van der Waals surface area (Å²) in [6.07, 6.45) is 6.22. The minimum Gasteiger partial charge on any atom is -0.456 e. The molecule has 1 spiro atoms. The molecule has 1 fully saturated rings. The third-order valence-corrected chi connectivity index (χ3v) is 6.89. The van der Waals surface area contributed by atoms with Gasteiger partial charge in [-0.1, -0.05) is 49.1 Å². The van der Waals surface area contributed by atoms with E-state index in [1.807, 2.05) is 48.5 Å². The molecule has 4 nitrogen and oxygen atoms in total. The summed E-state index contributed by atoms with van der Waals surface area (Å²) in [5.41, 5.74) is 3.01. The molecule has 5 heteroatoms. The summed E-state index contributed by atoms with van der Waals surface area (Å²) in [5, 5.41) is 4.23. The Morgan fingerprint density at radius 2 is 1.61 bits per heavy atom. The van der Waals surface area contributed by atoms with Crippen LogP contribution in [0.15, 0.2) is 60.7 Å². The van der Waals surface area contributed by atoms with E-state index in [1.165, 1.54) is 32.1 Å². The zero-order chi connectivity index (χ0) is 21.0. The molecule has 3 aromatic rings. The fraction of sp³-hybridized carbons (Fsp3) is 0.269. The van der Waals surface area contributed by atoms with E-state index in [1.54, 1.807) is 6.07 Å². The zero-order valence-electron chi connectivity index (χ0n) is 17.0. The van der Waals surface area contributed by atoms with E-state index in [9.17, 15) is 4.79 Å². The maximum atomic E-state index is 12.9. The number of carbonyl (C=O) groups excluding carboxylic acids is 1. The van der Waals surface area contributed by atoms with Gasteiger partial charge in [-0.2, -0.15) is 0 Å². The van der Waals surface area contributed by atoms with Crippen molar-refractivity contribution in [2.45, 2.75) is 43.7 Å². The van der Waals surface area contributed by atoms with E-state index >= 15 is 0 Å². The highest BCUT2D eigenvalue weighted by atomic mass is 35.5. The van der Waals surface area contributed by atoms with Crippen LogP contribution in [0.2, 0.25) is 5.02 Å². The molecular formula is C26H22ClNO3. The normalized spacial score (nSPS) is 21.6. The Balaban J connectivity index is 1.51. The molecule has 0 bridgehead atoms. The van der Waals surface area contributed by atoms with E-state index in [-0.39, 0.29) is 5.97 Å². The molecule has 3 aromatic carbocycles. The molecule has 1 atom stereocenters. The van der Waals surface area contributed by atoms with E-state index in [2.05, 4.69) is 11.4 Å². The van der Waals surface area contributed by atoms with Crippen LogP contribution >= 0.6 is 11.6 Å². The number of hydrogen-bond acceptors (Lipinski definition) is 4. The predicted octanol–water partition coefficient (Wildman–Crippen LogP) is 6.65. The molecule has 1 saturated carbocycles. The fourth-order valence-electron chi connectivity index (χ4n) is 5.22. The van der Waals surface area contributed by atoms with Crippen molar-refractivity contribution in [1.29, 1.82) is 0 Å². The van der Waals surface area contributed by atoms with Gasteiger partial charge in [0.25, 0.3) is 0 Å². The van der Waals surface area contributed by atoms with Crippen LogP contribution in [0.4, 0.5) is 5.69 Å². The lowest BCUT2D eigenvalue weighted by molar-refractivity contribution is 0.0224. The summed E-state index contributed by atoms with van der Waals surface area (Å²) in [4.78, 5) is 12.9. The highest BCUT2D eigenvalue weighted by Gasteiger charge is 2.53. The SMILES string of the molecule is O=C1O[C@@]2(c3ccc(Cl)cc3Oc3cc(NC4CCCCC4)ccc32)c2ccccc21. The van der Waals surface area contributed by atoms with Gasteiger partial charge in [0.2, 0.25) is 0 Å². The average Bonchev–Trinajstić information content (AvgIpc) is 3.07. The Hall–Kier alpha value is -2.98. The van der Waals surface area contributed by atoms with Crippen LogP contribution in [0.3, 0.4) is 0 Å². The van der Waals surface area contributed by atoms with Gasteiger partial charge in [-0.3, -0.25) is 0 Å². The zero-order valence-corrected chi connectivity index (χ0v) is 17.7. The van der Waals surface area contributed by atoms with Crippen LogP contribution in [0.5, 0.6) is 11.5 Å². The molecular weight excluding hydrogens is 410 g/mol. The maximum absolute atomic E-state index is 12.9. The van der Waals surface area contributed by atoms with E-state index in [4.69, 9.17) is 21.1 Å². The summed E-state index contributed by atoms with van der Waals surface area (Å²) in [6, 6.07) is 19.7. The van der Waals surface area contributed by atoms with Crippen molar-refractivity contribution in [1.82, 2.24) is 0 Å². The largest absolute Gasteiger partial charge is 0.456 e. The molecule has 0 amide bonds. The number of rotatable bonds is 2. The van der Waals surface area contributed by atoms with Gasteiger partial charge in [0.05, 0.1) is 5.56 Å². The number of benzene rings is 3. The van der Waals surface area contributed by atoms with E-state index < -0.39 is 5.60 Å². The molecule has 2 heterocycles. The molecule has 1 N–H and O–H groups in total.